The predicted molar refractivity (Wildman–Crippen MR) is 87.1 cm³/mol. The number of fused-ring (bicyclic) bond motifs is 1. The molecule has 122 valence electrons. The minimum Gasteiger partial charge on any atom is -0.358 e. The molecule has 2 aromatic heterocycles. The van der Waals surface area contributed by atoms with E-state index in [2.05, 4.69) is 20.4 Å². The second kappa shape index (κ2) is 5.55. The van der Waals surface area contributed by atoms with Crippen molar-refractivity contribution >= 4 is 28.4 Å². The van der Waals surface area contributed by atoms with E-state index in [0.717, 1.165) is 5.39 Å². The molecular weight excluding hydrogens is 311 g/mol. The monoisotopic (exact) mass is 326 g/mol. The number of nitrogens with one attached hydrogen (secondary N) is 1. The van der Waals surface area contributed by atoms with Crippen molar-refractivity contribution in [1.29, 1.82) is 0 Å². The van der Waals surface area contributed by atoms with Crippen molar-refractivity contribution in [2.75, 3.05) is 16.8 Å². The third-order valence-corrected chi connectivity index (χ3v) is 4.19. The molecule has 1 atom stereocenters. The van der Waals surface area contributed by atoms with Crippen LogP contribution in [0.4, 0.5) is 15.9 Å². The Morgan fingerprint density at radius 3 is 2.96 bits per heavy atom. The first-order valence-electron chi connectivity index (χ1n) is 7.60. The molecule has 0 radical (unpaired) electrons. The van der Waals surface area contributed by atoms with Gasteiger partial charge in [0.1, 0.15) is 24.0 Å². The second-order valence-electron chi connectivity index (χ2n) is 5.65. The van der Waals surface area contributed by atoms with E-state index in [9.17, 15) is 9.18 Å². The van der Waals surface area contributed by atoms with Crippen LogP contribution in [0.3, 0.4) is 0 Å². The molecule has 1 amide bonds. The number of amides is 1. The number of hydrogen-bond acceptors (Lipinski definition) is 5. The second-order valence-corrected chi connectivity index (χ2v) is 5.65. The number of halogens is 1. The maximum Gasteiger partial charge on any atom is 0.249 e. The van der Waals surface area contributed by atoms with Crippen molar-refractivity contribution in [3.63, 3.8) is 0 Å². The average molecular weight is 326 g/mol. The topological polar surface area (TPSA) is 75.9 Å². The zero-order chi connectivity index (χ0) is 16.7. The van der Waals surface area contributed by atoms with Gasteiger partial charge in [0, 0.05) is 13.6 Å². The van der Waals surface area contributed by atoms with Gasteiger partial charge in [0.15, 0.2) is 5.65 Å². The fourth-order valence-electron chi connectivity index (χ4n) is 2.97. The summed E-state index contributed by atoms with van der Waals surface area (Å²) in [6, 6.07) is 5.83. The summed E-state index contributed by atoms with van der Waals surface area (Å²) in [5, 5.41) is 8.05. The molecule has 1 N–H and O–H groups in total. The third kappa shape index (κ3) is 2.27. The molecule has 1 saturated heterocycles. The van der Waals surface area contributed by atoms with Crippen molar-refractivity contribution in [3.05, 3.63) is 42.6 Å². The summed E-state index contributed by atoms with van der Waals surface area (Å²) < 4.78 is 15.6. The van der Waals surface area contributed by atoms with Crippen LogP contribution in [-0.4, -0.2) is 38.2 Å². The molecule has 3 heterocycles. The fourth-order valence-corrected chi connectivity index (χ4v) is 2.97. The van der Waals surface area contributed by atoms with E-state index >= 15 is 0 Å². The Bertz CT molecular complexity index is 924. The lowest BCUT2D eigenvalue weighted by Crippen LogP contribution is -2.34. The quantitative estimate of drug-likeness (QED) is 0.793. The standard InChI is InChI=1S/C16H15FN6O/c1-22-15-10(8-20-22)14(18-9-19-15)21-12-6-7-23(16(12)24)13-5-3-2-4-11(13)17/h2-5,8-9,12H,6-7H2,1H3,(H,18,19,21)/t12-/m0/s1. The van der Waals surface area contributed by atoms with Gasteiger partial charge >= 0.3 is 0 Å². The molecule has 4 rings (SSSR count). The van der Waals surface area contributed by atoms with E-state index in [1.165, 1.54) is 17.3 Å². The number of rotatable bonds is 3. The first-order valence-corrected chi connectivity index (χ1v) is 7.60. The minimum absolute atomic E-state index is 0.171. The van der Waals surface area contributed by atoms with Crippen molar-refractivity contribution in [2.45, 2.75) is 12.5 Å². The van der Waals surface area contributed by atoms with E-state index in [-0.39, 0.29) is 5.91 Å². The molecule has 0 bridgehead atoms. The highest BCUT2D eigenvalue weighted by atomic mass is 19.1. The Balaban J connectivity index is 1.60. The van der Waals surface area contributed by atoms with Crippen molar-refractivity contribution < 1.29 is 9.18 Å². The average Bonchev–Trinajstić information content (AvgIpc) is 3.13. The van der Waals surface area contributed by atoms with E-state index < -0.39 is 11.9 Å². The largest absolute Gasteiger partial charge is 0.358 e. The Kier molecular flexibility index (Phi) is 3.37. The first kappa shape index (κ1) is 14.6. The number of benzene rings is 1. The zero-order valence-corrected chi connectivity index (χ0v) is 13.0. The number of hydrogen-bond donors (Lipinski definition) is 1. The van der Waals surface area contributed by atoms with Gasteiger partial charge in [-0.05, 0) is 18.6 Å². The molecule has 24 heavy (non-hydrogen) atoms. The molecule has 0 unspecified atom stereocenters. The van der Waals surface area contributed by atoms with Crippen LogP contribution in [0.2, 0.25) is 0 Å². The lowest BCUT2D eigenvalue weighted by molar-refractivity contribution is -0.117. The molecule has 0 aliphatic carbocycles. The van der Waals surface area contributed by atoms with Crippen molar-refractivity contribution in [2.24, 2.45) is 7.05 Å². The highest BCUT2D eigenvalue weighted by molar-refractivity contribution is 6.02. The number of carbonyl (C=O) groups is 1. The Morgan fingerprint density at radius 1 is 1.29 bits per heavy atom. The maximum absolute atomic E-state index is 13.9. The molecular formula is C16H15FN6O. The van der Waals surface area contributed by atoms with Crippen LogP contribution in [0, 0.1) is 5.82 Å². The number of carbonyl (C=O) groups excluding carboxylic acids is 1. The van der Waals surface area contributed by atoms with E-state index in [1.54, 1.807) is 36.1 Å². The van der Waals surface area contributed by atoms with Crippen LogP contribution in [0.25, 0.3) is 11.0 Å². The van der Waals surface area contributed by atoms with E-state index in [4.69, 9.17) is 0 Å². The van der Waals surface area contributed by atoms with Crippen molar-refractivity contribution in [1.82, 2.24) is 19.7 Å². The summed E-state index contributed by atoms with van der Waals surface area (Å²) in [5.41, 5.74) is 0.991. The minimum atomic E-state index is -0.456. The summed E-state index contributed by atoms with van der Waals surface area (Å²) >= 11 is 0. The SMILES string of the molecule is Cn1ncc2c(N[C@H]3CCN(c4ccccc4F)C3=O)ncnc21. The van der Waals surface area contributed by atoms with Gasteiger partial charge in [0.2, 0.25) is 5.91 Å². The lowest BCUT2D eigenvalue weighted by Gasteiger charge is -2.18. The first-order chi connectivity index (χ1) is 11.6. The summed E-state index contributed by atoms with van der Waals surface area (Å²) in [6.45, 7) is 0.457. The summed E-state index contributed by atoms with van der Waals surface area (Å²) in [4.78, 5) is 22.5. The van der Waals surface area contributed by atoms with Crippen molar-refractivity contribution in [3.8, 4) is 0 Å². The van der Waals surface area contributed by atoms with Gasteiger partial charge in [-0.1, -0.05) is 12.1 Å². The predicted octanol–water partition coefficient (Wildman–Crippen LogP) is 1.72. The molecule has 0 saturated carbocycles. The molecule has 1 aliphatic heterocycles. The lowest BCUT2D eigenvalue weighted by atomic mass is 10.2. The van der Waals surface area contributed by atoms with E-state index in [0.29, 0.717) is 30.1 Å². The van der Waals surface area contributed by atoms with Gasteiger partial charge in [0.25, 0.3) is 0 Å². The number of anilines is 2. The molecule has 7 nitrogen and oxygen atoms in total. The van der Waals surface area contributed by atoms with Gasteiger partial charge in [-0.15, -0.1) is 0 Å². The highest BCUT2D eigenvalue weighted by Gasteiger charge is 2.34. The molecule has 1 aromatic carbocycles. The van der Waals surface area contributed by atoms with Gasteiger partial charge in [-0.3, -0.25) is 9.48 Å². The third-order valence-electron chi connectivity index (χ3n) is 4.19. The molecule has 1 fully saturated rings. The molecule has 1 aliphatic rings. The number of aromatic nitrogens is 4. The highest BCUT2D eigenvalue weighted by Crippen LogP contribution is 2.27. The Hall–Kier alpha value is -3.03. The maximum atomic E-state index is 13.9. The molecule has 8 heteroatoms. The van der Waals surface area contributed by atoms with Crippen LogP contribution in [0.1, 0.15) is 6.42 Å². The Morgan fingerprint density at radius 2 is 2.12 bits per heavy atom. The Labute approximate surface area is 137 Å². The number of aryl methyl sites for hydroxylation is 1. The van der Waals surface area contributed by atoms with Crippen LogP contribution in [0.15, 0.2) is 36.8 Å². The smallest absolute Gasteiger partial charge is 0.249 e. The zero-order valence-electron chi connectivity index (χ0n) is 13.0. The number of nitrogens with zero attached hydrogens (tertiary/aromatic N) is 5. The van der Waals surface area contributed by atoms with Crippen LogP contribution in [0.5, 0.6) is 0 Å². The summed E-state index contributed by atoms with van der Waals surface area (Å²) in [5.74, 6) is -0.0132. The van der Waals surface area contributed by atoms with Gasteiger partial charge in [0.05, 0.1) is 17.3 Å². The summed E-state index contributed by atoms with van der Waals surface area (Å²) in [7, 11) is 1.79. The normalized spacial score (nSPS) is 17.7. The number of para-hydroxylation sites is 1. The van der Waals surface area contributed by atoms with Gasteiger partial charge < -0.3 is 10.2 Å². The van der Waals surface area contributed by atoms with Gasteiger partial charge in [-0.25, -0.2) is 14.4 Å². The van der Waals surface area contributed by atoms with E-state index in [1.807, 2.05) is 0 Å². The molecule has 0 spiro atoms. The van der Waals surface area contributed by atoms with Crippen LogP contribution in [-0.2, 0) is 11.8 Å². The molecule has 3 aromatic rings. The van der Waals surface area contributed by atoms with Gasteiger partial charge in [-0.2, -0.15) is 5.10 Å². The fraction of sp³-hybridized carbons (Fsp3) is 0.250. The summed E-state index contributed by atoms with van der Waals surface area (Å²) in [6.07, 6.45) is 3.66. The van der Waals surface area contributed by atoms with Crippen LogP contribution < -0.4 is 10.2 Å². The van der Waals surface area contributed by atoms with Crippen LogP contribution >= 0.6 is 0 Å².